The average molecular weight is 285 g/mol. The van der Waals surface area contributed by atoms with Crippen LogP contribution in [0.25, 0.3) is 0 Å². The van der Waals surface area contributed by atoms with Crippen molar-refractivity contribution >= 4 is 12.2 Å². The number of rotatable bonds is 2. The molecule has 0 spiro atoms. The van der Waals surface area contributed by atoms with Gasteiger partial charge >= 0.3 is 5.97 Å². The van der Waals surface area contributed by atoms with Gasteiger partial charge < -0.3 is 14.5 Å². The number of ether oxygens (including phenoxy) is 1. The Hall–Kier alpha value is -2.63. The number of aromatic nitrogens is 2. The van der Waals surface area contributed by atoms with Crippen LogP contribution in [0.3, 0.4) is 0 Å². The molecule has 1 unspecified atom stereocenters. The molecule has 0 saturated heterocycles. The Kier molecular flexibility index (Phi) is 3.01. The minimum atomic E-state index is -0.746. The van der Waals surface area contributed by atoms with E-state index in [0.717, 1.165) is 5.56 Å². The standard InChI is InChI=1S/C15H15N3O3/c1-15(2)13(18-9-16-7-10(18)8-17-20)11-5-3-4-6-12(11)14(19)21-15/h3-9,13,20H,1-2H3. The zero-order chi connectivity index (χ0) is 15.0. The summed E-state index contributed by atoms with van der Waals surface area (Å²) in [6.45, 7) is 3.71. The zero-order valence-electron chi connectivity index (χ0n) is 11.7. The van der Waals surface area contributed by atoms with E-state index in [-0.39, 0.29) is 12.0 Å². The van der Waals surface area contributed by atoms with Gasteiger partial charge in [0.2, 0.25) is 0 Å². The Morgan fingerprint density at radius 1 is 1.43 bits per heavy atom. The predicted octanol–water partition coefficient (Wildman–Crippen LogP) is 2.23. The van der Waals surface area contributed by atoms with Gasteiger partial charge in [0.1, 0.15) is 11.6 Å². The van der Waals surface area contributed by atoms with Crippen LogP contribution in [-0.2, 0) is 4.74 Å². The van der Waals surface area contributed by atoms with Crippen molar-refractivity contribution in [2.45, 2.75) is 25.5 Å². The van der Waals surface area contributed by atoms with Crippen molar-refractivity contribution in [3.8, 4) is 0 Å². The fraction of sp³-hybridized carbons (Fsp3) is 0.267. The second kappa shape index (κ2) is 4.73. The van der Waals surface area contributed by atoms with Crippen molar-refractivity contribution in [2.24, 2.45) is 5.16 Å². The Morgan fingerprint density at radius 2 is 2.19 bits per heavy atom. The first kappa shape index (κ1) is 13.4. The van der Waals surface area contributed by atoms with E-state index in [0.29, 0.717) is 11.3 Å². The molecule has 0 fully saturated rings. The lowest BCUT2D eigenvalue weighted by atomic mass is 9.85. The van der Waals surface area contributed by atoms with E-state index in [2.05, 4.69) is 10.1 Å². The molecule has 1 aliphatic heterocycles. The third kappa shape index (κ3) is 2.08. The lowest BCUT2D eigenvalue weighted by molar-refractivity contribution is -0.0262. The van der Waals surface area contributed by atoms with Crippen LogP contribution >= 0.6 is 0 Å². The quantitative estimate of drug-likeness (QED) is 0.397. The number of carbonyl (C=O) groups excluding carboxylic acids is 1. The molecular weight excluding hydrogens is 270 g/mol. The first-order valence-electron chi connectivity index (χ1n) is 6.56. The predicted molar refractivity (Wildman–Crippen MR) is 75.7 cm³/mol. The molecule has 1 aromatic carbocycles. The van der Waals surface area contributed by atoms with Crippen LogP contribution in [0.4, 0.5) is 0 Å². The van der Waals surface area contributed by atoms with Crippen molar-refractivity contribution in [1.82, 2.24) is 9.55 Å². The van der Waals surface area contributed by atoms with Crippen LogP contribution < -0.4 is 0 Å². The summed E-state index contributed by atoms with van der Waals surface area (Å²) < 4.78 is 7.41. The molecule has 6 nitrogen and oxygen atoms in total. The molecule has 2 aromatic rings. The van der Waals surface area contributed by atoms with Crippen molar-refractivity contribution in [3.05, 3.63) is 53.6 Å². The highest BCUT2D eigenvalue weighted by Gasteiger charge is 2.43. The minimum absolute atomic E-state index is 0.248. The number of nitrogens with zero attached hydrogens (tertiary/aromatic N) is 3. The number of cyclic esters (lactones) is 1. The van der Waals surface area contributed by atoms with Crippen molar-refractivity contribution < 1.29 is 14.7 Å². The third-order valence-electron chi connectivity index (χ3n) is 3.65. The van der Waals surface area contributed by atoms with E-state index < -0.39 is 5.60 Å². The van der Waals surface area contributed by atoms with Crippen LogP contribution in [-0.4, -0.2) is 32.5 Å². The highest BCUT2D eigenvalue weighted by atomic mass is 16.6. The van der Waals surface area contributed by atoms with Gasteiger partial charge in [-0.3, -0.25) is 0 Å². The SMILES string of the molecule is CC1(C)OC(=O)c2ccccc2C1n1cncc1C=NO. The Morgan fingerprint density at radius 3 is 2.95 bits per heavy atom. The van der Waals surface area contributed by atoms with Crippen LogP contribution in [0.15, 0.2) is 41.9 Å². The van der Waals surface area contributed by atoms with Crippen LogP contribution in [0.5, 0.6) is 0 Å². The van der Waals surface area contributed by atoms with Gasteiger partial charge in [0.25, 0.3) is 0 Å². The summed E-state index contributed by atoms with van der Waals surface area (Å²) in [7, 11) is 0. The van der Waals surface area contributed by atoms with Crippen molar-refractivity contribution in [3.63, 3.8) is 0 Å². The number of benzene rings is 1. The van der Waals surface area contributed by atoms with Crippen LogP contribution in [0.1, 0.15) is 41.5 Å². The summed E-state index contributed by atoms with van der Waals surface area (Å²) in [5.41, 5.74) is 1.29. The summed E-state index contributed by atoms with van der Waals surface area (Å²) in [4.78, 5) is 16.2. The van der Waals surface area contributed by atoms with E-state index in [9.17, 15) is 4.79 Å². The topological polar surface area (TPSA) is 76.7 Å². The van der Waals surface area contributed by atoms with E-state index in [1.54, 1.807) is 24.7 Å². The van der Waals surface area contributed by atoms with Crippen molar-refractivity contribution in [2.75, 3.05) is 0 Å². The number of fused-ring (bicyclic) bond motifs is 1. The molecule has 0 amide bonds. The molecule has 2 heterocycles. The highest BCUT2D eigenvalue weighted by molar-refractivity contribution is 5.93. The van der Waals surface area contributed by atoms with E-state index in [1.165, 1.54) is 6.21 Å². The Bertz CT molecular complexity index is 718. The molecule has 1 N–H and O–H groups in total. The second-order valence-corrected chi connectivity index (χ2v) is 5.45. The van der Waals surface area contributed by atoms with E-state index in [4.69, 9.17) is 9.94 Å². The smallest absolute Gasteiger partial charge is 0.339 e. The summed E-state index contributed by atoms with van der Waals surface area (Å²) >= 11 is 0. The molecular formula is C15H15N3O3. The van der Waals surface area contributed by atoms with Gasteiger partial charge in [-0.1, -0.05) is 23.4 Å². The maximum atomic E-state index is 12.1. The number of oxime groups is 1. The van der Waals surface area contributed by atoms with Gasteiger partial charge in [-0.2, -0.15) is 0 Å². The zero-order valence-corrected chi connectivity index (χ0v) is 11.7. The third-order valence-corrected chi connectivity index (χ3v) is 3.65. The number of hydrogen-bond acceptors (Lipinski definition) is 5. The largest absolute Gasteiger partial charge is 0.453 e. The number of imidazole rings is 1. The van der Waals surface area contributed by atoms with Gasteiger partial charge in [-0.25, -0.2) is 9.78 Å². The average Bonchev–Trinajstić information content (AvgIpc) is 2.86. The minimum Gasteiger partial charge on any atom is -0.453 e. The fourth-order valence-electron chi connectivity index (χ4n) is 2.82. The highest BCUT2D eigenvalue weighted by Crippen LogP contribution is 2.39. The second-order valence-electron chi connectivity index (χ2n) is 5.45. The van der Waals surface area contributed by atoms with Gasteiger partial charge in [0, 0.05) is 0 Å². The summed E-state index contributed by atoms with van der Waals surface area (Å²) in [5.74, 6) is -0.329. The monoisotopic (exact) mass is 285 g/mol. The van der Waals surface area contributed by atoms with Crippen LogP contribution in [0.2, 0.25) is 0 Å². The first-order chi connectivity index (χ1) is 10.0. The summed E-state index contributed by atoms with van der Waals surface area (Å²) in [5, 5.41) is 11.8. The normalized spacial score (nSPS) is 20.3. The molecule has 1 aliphatic rings. The lowest BCUT2D eigenvalue weighted by Crippen LogP contribution is -2.43. The molecule has 6 heteroatoms. The van der Waals surface area contributed by atoms with Gasteiger partial charge in [0.05, 0.1) is 30.0 Å². The molecule has 0 radical (unpaired) electrons. The van der Waals surface area contributed by atoms with Gasteiger partial charge in [-0.15, -0.1) is 0 Å². The molecule has 1 atom stereocenters. The number of hydrogen-bond donors (Lipinski definition) is 1. The number of esters is 1. The molecule has 0 bridgehead atoms. The fourth-order valence-corrected chi connectivity index (χ4v) is 2.82. The summed E-state index contributed by atoms with van der Waals surface area (Å²) in [6, 6.07) is 7.09. The molecule has 1 aromatic heterocycles. The molecule has 21 heavy (non-hydrogen) atoms. The molecule has 108 valence electrons. The van der Waals surface area contributed by atoms with Gasteiger partial charge in [0.15, 0.2) is 0 Å². The Labute approximate surface area is 121 Å². The van der Waals surface area contributed by atoms with Gasteiger partial charge in [-0.05, 0) is 25.5 Å². The molecule has 0 saturated carbocycles. The van der Waals surface area contributed by atoms with E-state index >= 15 is 0 Å². The Balaban J connectivity index is 2.22. The molecule has 0 aliphatic carbocycles. The first-order valence-corrected chi connectivity index (χ1v) is 6.56. The summed E-state index contributed by atoms with van der Waals surface area (Å²) in [6.07, 6.45) is 4.54. The number of carbonyl (C=O) groups is 1. The van der Waals surface area contributed by atoms with Crippen molar-refractivity contribution in [1.29, 1.82) is 0 Å². The maximum absolute atomic E-state index is 12.1. The van der Waals surface area contributed by atoms with Crippen LogP contribution in [0, 0.1) is 0 Å². The molecule has 3 rings (SSSR count). The maximum Gasteiger partial charge on any atom is 0.339 e. The lowest BCUT2D eigenvalue weighted by Gasteiger charge is -2.40. The van der Waals surface area contributed by atoms with E-state index in [1.807, 2.05) is 30.5 Å².